The van der Waals surface area contributed by atoms with Crippen molar-refractivity contribution in [1.29, 1.82) is 0 Å². The number of rotatable bonds is 14. The van der Waals surface area contributed by atoms with E-state index in [1.165, 1.54) is 41.5 Å². The molecule has 0 amide bonds. The standard InChI is InChI=1S/C45H57N3O7/c1-30-10-15-39(50-4)41(22-30)54-35-13-11-31(12-14-35)23-38-36-26-42(40(51-5)24-32(36)17-21-47(38)3)55-44-37-28-46(2)20-16-33(37)25-43(52-6)45(44)53-29-34(49)27-48-18-8-7-9-19-48/h10-15,22,24-26,34,38,49H,7-9,16-21,23,27-29H2,1-6H3. The molecular formula is C45H57N3O7. The van der Waals surface area contributed by atoms with E-state index in [4.69, 9.17) is 28.4 Å². The molecule has 3 aliphatic heterocycles. The summed E-state index contributed by atoms with van der Waals surface area (Å²) < 4.78 is 37.2. The molecule has 7 rings (SSSR count). The number of methoxy groups -OCH3 is 3. The fraction of sp³-hybridized carbons (Fsp3) is 0.467. The molecule has 0 spiro atoms. The first-order valence-electron chi connectivity index (χ1n) is 19.7. The zero-order chi connectivity index (χ0) is 38.5. The highest BCUT2D eigenvalue weighted by Gasteiger charge is 2.31. The number of nitrogens with zero attached hydrogens (tertiary/aromatic N) is 3. The van der Waals surface area contributed by atoms with Gasteiger partial charge in [0.05, 0.1) is 21.3 Å². The van der Waals surface area contributed by atoms with Crippen LogP contribution in [-0.4, -0.2) is 101 Å². The topological polar surface area (TPSA) is 85.3 Å². The van der Waals surface area contributed by atoms with Crippen LogP contribution in [0.1, 0.15) is 58.7 Å². The molecule has 55 heavy (non-hydrogen) atoms. The Bertz CT molecular complexity index is 1930. The van der Waals surface area contributed by atoms with Crippen molar-refractivity contribution in [2.75, 3.05) is 74.8 Å². The van der Waals surface area contributed by atoms with Crippen LogP contribution in [0.25, 0.3) is 0 Å². The Morgan fingerprint density at radius 2 is 1.42 bits per heavy atom. The highest BCUT2D eigenvalue weighted by molar-refractivity contribution is 5.62. The van der Waals surface area contributed by atoms with Crippen LogP contribution in [0, 0.1) is 6.92 Å². The zero-order valence-corrected chi connectivity index (χ0v) is 33.4. The van der Waals surface area contributed by atoms with Crippen molar-refractivity contribution >= 4 is 0 Å². The van der Waals surface area contributed by atoms with Gasteiger partial charge in [-0.15, -0.1) is 0 Å². The molecule has 3 aliphatic rings. The Morgan fingerprint density at radius 1 is 0.709 bits per heavy atom. The van der Waals surface area contributed by atoms with E-state index in [9.17, 15) is 5.11 Å². The molecule has 4 aromatic carbocycles. The third-order valence-corrected chi connectivity index (χ3v) is 11.3. The van der Waals surface area contributed by atoms with Gasteiger partial charge >= 0.3 is 0 Å². The summed E-state index contributed by atoms with van der Waals surface area (Å²) in [5, 5.41) is 11.1. The molecule has 0 aromatic heterocycles. The number of aryl methyl sites for hydroxylation is 1. The van der Waals surface area contributed by atoms with Crippen LogP contribution < -0.4 is 28.4 Å². The first kappa shape index (κ1) is 38.8. The van der Waals surface area contributed by atoms with Crippen LogP contribution in [0.15, 0.2) is 60.7 Å². The van der Waals surface area contributed by atoms with Gasteiger partial charge in [-0.05, 0) is 136 Å². The average Bonchev–Trinajstić information content (AvgIpc) is 3.19. The maximum atomic E-state index is 11.1. The largest absolute Gasteiger partial charge is 0.493 e. The van der Waals surface area contributed by atoms with Gasteiger partial charge < -0.3 is 43.3 Å². The van der Waals surface area contributed by atoms with Gasteiger partial charge in [0.25, 0.3) is 0 Å². The zero-order valence-electron chi connectivity index (χ0n) is 33.4. The van der Waals surface area contributed by atoms with Crippen molar-refractivity contribution in [2.45, 2.75) is 64.1 Å². The second-order valence-corrected chi connectivity index (χ2v) is 15.3. The van der Waals surface area contributed by atoms with Crippen LogP contribution in [0.3, 0.4) is 0 Å². The summed E-state index contributed by atoms with van der Waals surface area (Å²) in [5.74, 6) is 5.19. The fourth-order valence-corrected chi connectivity index (χ4v) is 8.19. The summed E-state index contributed by atoms with van der Waals surface area (Å²) in [4.78, 5) is 7.03. The van der Waals surface area contributed by atoms with E-state index in [0.29, 0.717) is 53.3 Å². The summed E-state index contributed by atoms with van der Waals surface area (Å²) in [6.07, 6.45) is 5.54. The third kappa shape index (κ3) is 8.99. The summed E-state index contributed by atoms with van der Waals surface area (Å²) in [7, 11) is 9.33. The smallest absolute Gasteiger partial charge is 0.204 e. The average molecular weight is 752 g/mol. The van der Waals surface area contributed by atoms with E-state index < -0.39 is 6.10 Å². The van der Waals surface area contributed by atoms with E-state index in [-0.39, 0.29) is 12.6 Å². The first-order chi connectivity index (χ1) is 26.7. The Balaban J connectivity index is 1.17. The van der Waals surface area contributed by atoms with Crippen molar-refractivity contribution in [3.05, 3.63) is 94.0 Å². The van der Waals surface area contributed by atoms with Gasteiger partial charge in [-0.2, -0.15) is 0 Å². The number of likely N-dealkylation sites (tertiary alicyclic amines) is 1. The van der Waals surface area contributed by atoms with E-state index in [2.05, 4.69) is 59.1 Å². The van der Waals surface area contributed by atoms with Crippen LogP contribution >= 0.6 is 0 Å². The lowest BCUT2D eigenvalue weighted by molar-refractivity contribution is 0.0599. The molecule has 10 heteroatoms. The summed E-state index contributed by atoms with van der Waals surface area (Å²) in [6, 6.07) is 20.8. The lowest BCUT2D eigenvalue weighted by atomic mass is 9.88. The van der Waals surface area contributed by atoms with Crippen molar-refractivity contribution in [3.63, 3.8) is 0 Å². The van der Waals surface area contributed by atoms with Crippen LogP contribution in [0.2, 0.25) is 0 Å². The van der Waals surface area contributed by atoms with E-state index in [1.807, 2.05) is 37.3 Å². The molecule has 0 radical (unpaired) electrons. The monoisotopic (exact) mass is 751 g/mol. The van der Waals surface area contributed by atoms with Crippen LogP contribution in [-0.2, 0) is 25.8 Å². The molecule has 0 bridgehead atoms. The fourth-order valence-electron chi connectivity index (χ4n) is 8.19. The predicted octanol–water partition coefficient (Wildman–Crippen LogP) is 7.59. The lowest BCUT2D eigenvalue weighted by Crippen LogP contribution is -2.38. The molecule has 1 saturated heterocycles. The Morgan fingerprint density at radius 3 is 2.16 bits per heavy atom. The molecule has 2 atom stereocenters. The van der Waals surface area contributed by atoms with Crippen molar-refractivity contribution in [2.24, 2.45) is 0 Å². The lowest BCUT2D eigenvalue weighted by Gasteiger charge is -2.35. The molecule has 3 heterocycles. The van der Waals surface area contributed by atoms with Gasteiger partial charge in [-0.1, -0.05) is 24.6 Å². The normalized spacial score (nSPS) is 18.2. The number of likely N-dealkylation sites (N-methyl/N-ethyl adjacent to an activating group) is 2. The minimum absolute atomic E-state index is 0.117. The molecule has 0 aliphatic carbocycles. The second kappa shape index (κ2) is 17.5. The minimum Gasteiger partial charge on any atom is -0.493 e. The molecule has 2 unspecified atom stereocenters. The quantitative estimate of drug-likeness (QED) is 0.139. The van der Waals surface area contributed by atoms with Gasteiger partial charge in [-0.3, -0.25) is 4.90 Å². The third-order valence-electron chi connectivity index (χ3n) is 11.3. The molecule has 1 fully saturated rings. The van der Waals surface area contributed by atoms with Crippen molar-refractivity contribution in [3.8, 4) is 46.0 Å². The van der Waals surface area contributed by atoms with E-state index in [1.54, 1.807) is 21.3 Å². The minimum atomic E-state index is -0.644. The number of ether oxygens (including phenoxy) is 6. The Labute approximate surface area is 326 Å². The maximum absolute atomic E-state index is 11.1. The van der Waals surface area contributed by atoms with Crippen molar-refractivity contribution in [1.82, 2.24) is 14.7 Å². The molecule has 294 valence electrons. The molecule has 0 saturated carbocycles. The van der Waals surface area contributed by atoms with Gasteiger partial charge in [0.15, 0.2) is 34.5 Å². The Hall–Kier alpha value is -4.48. The van der Waals surface area contributed by atoms with Gasteiger partial charge in [0, 0.05) is 37.8 Å². The van der Waals surface area contributed by atoms with Gasteiger partial charge in [0.1, 0.15) is 18.5 Å². The number of benzene rings is 4. The number of hydrogen-bond acceptors (Lipinski definition) is 10. The summed E-state index contributed by atoms with van der Waals surface area (Å²) in [6.45, 7) is 7.35. The molecule has 10 nitrogen and oxygen atoms in total. The number of piperidine rings is 1. The number of β-amino-alcohol motifs (C(OH)–C–C–N with tert-alkyl or cyclic N) is 1. The van der Waals surface area contributed by atoms with E-state index >= 15 is 0 Å². The van der Waals surface area contributed by atoms with Crippen molar-refractivity contribution < 1.29 is 33.5 Å². The Kier molecular flexibility index (Phi) is 12.4. The van der Waals surface area contributed by atoms with Gasteiger partial charge in [-0.25, -0.2) is 0 Å². The number of fused-ring (bicyclic) bond motifs is 2. The van der Waals surface area contributed by atoms with Crippen LogP contribution in [0.5, 0.6) is 46.0 Å². The number of aliphatic hydroxyl groups is 1. The summed E-state index contributed by atoms with van der Waals surface area (Å²) in [5.41, 5.74) is 7.01. The van der Waals surface area contributed by atoms with Gasteiger partial charge in [0.2, 0.25) is 5.75 Å². The number of aliphatic hydroxyl groups excluding tert-OH is 1. The predicted molar refractivity (Wildman–Crippen MR) is 215 cm³/mol. The summed E-state index contributed by atoms with van der Waals surface area (Å²) >= 11 is 0. The molecule has 4 aromatic rings. The number of hydrogen-bond donors (Lipinski definition) is 1. The molecule has 1 N–H and O–H groups in total. The maximum Gasteiger partial charge on any atom is 0.204 e. The SMILES string of the molecule is COc1ccc(C)cc1Oc1ccc(CC2c3cc(Oc4c5c(cc(OC)c4OCC(O)CN4CCCCC4)CCN(C)C5)c(OC)cc3CCN2C)cc1. The first-order valence-corrected chi connectivity index (χ1v) is 19.7. The second-order valence-electron chi connectivity index (χ2n) is 15.3. The molecular weight excluding hydrogens is 695 g/mol. The van der Waals surface area contributed by atoms with E-state index in [0.717, 1.165) is 62.3 Å². The highest BCUT2D eigenvalue weighted by Crippen LogP contribution is 2.49. The van der Waals surface area contributed by atoms with Crippen LogP contribution in [0.4, 0.5) is 0 Å². The highest BCUT2D eigenvalue weighted by atomic mass is 16.6.